The molecule has 4 heterocycles. The number of ether oxygens (including phenoxy) is 2. The smallest absolute Gasteiger partial charge is 0.225 e. The Morgan fingerprint density at radius 1 is 0.973 bits per heavy atom. The molecule has 37 heavy (non-hydrogen) atoms. The number of rotatable bonds is 6. The van der Waals surface area contributed by atoms with E-state index >= 15 is 0 Å². The minimum absolute atomic E-state index is 0. The molecule has 2 aliphatic heterocycles. The van der Waals surface area contributed by atoms with E-state index in [1.165, 1.54) is 0 Å². The number of fused-ring (bicyclic) bond motifs is 1. The van der Waals surface area contributed by atoms with E-state index in [2.05, 4.69) is 54.9 Å². The van der Waals surface area contributed by atoms with Gasteiger partial charge in [0.15, 0.2) is 0 Å². The molecule has 2 saturated heterocycles. The molecule has 0 unspecified atom stereocenters. The average Bonchev–Trinajstić information content (AvgIpc) is 2.95. The monoisotopic (exact) mass is 505 g/mol. The molecule has 9 nitrogen and oxygen atoms in total. The lowest BCUT2D eigenvalue weighted by molar-refractivity contribution is 0.122. The molecule has 0 atom stereocenters. The molecule has 3 aliphatic rings. The minimum Gasteiger partial charge on any atom is -0.490 e. The summed E-state index contributed by atoms with van der Waals surface area (Å²) in [6, 6.07) is 6.40. The normalized spacial score (nSPS) is 23.4. The average molecular weight is 506 g/mol. The molecule has 198 valence electrons. The second-order valence-electron chi connectivity index (χ2n) is 10.6. The van der Waals surface area contributed by atoms with Crippen molar-refractivity contribution in [2.24, 2.45) is 5.92 Å². The molecule has 0 spiro atoms. The maximum Gasteiger partial charge on any atom is 0.225 e. The summed E-state index contributed by atoms with van der Waals surface area (Å²) >= 11 is 0. The number of nitrogens with zero attached hydrogens (tertiary/aromatic N) is 7. The zero-order chi connectivity index (χ0) is 25.0. The van der Waals surface area contributed by atoms with Crippen molar-refractivity contribution in [3.8, 4) is 5.75 Å². The summed E-state index contributed by atoms with van der Waals surface area (Å²) < 4.78 is 12.2. The lowest BCUT2D eigenvalue weighted by Crippen LogP contribution is -2.45. The number of morpholine rings is 1. The topological polar surface area (TPSA) is 79.7 Å². The molecule has 1 saturated carbocycles. The summed E-state index contributed by atoms with van der Waals surface area (Å²) in [5.74, 6) is 2.42. The van der Waals surface area contributed by atoms with Gasteiger partial charge in [-0.25, -0.2) is 19.9 Å². The first-order chi connectivity index (χ1) is 18.2. The molecule has 0 N–H and O–H groups in total. The highest BCUT2D eigenvalue weighted by molar-refractivity contribution is 5.88. The Hall–Kier alpha value is -3.04. The molecule has 1 aliphatic carbocycles. The van der Waals surface area contributed by atoms with Gasteiger partial charge in [0, 0.05) is 70.5 Å². The van der Waals surface area contributed by atoms with Crippen LogP contribution in [-0.2, 0) is 11.2 Å². The summed E-state index contributed by atoms with van der Waals surface area (Å²) in [5.41, 5.74) is 3.25. The van der Waals surface area contributed by atoms with Gasteiger partial charge in [-0.05, 0) is 57.2 Å². The fourth-order valence-electron chi connectivity index (χ4n) is 5.73. The summed E-state index contributed by atoms with van der Waals surface area (Å²) in [6.45, 7) is 7.41. The number of anilines is 2. The van der Waals surface area contributed by atoms with Crippen molar-refractivity contribution in [1.82, 2.24) is 24.8 Å². The van der Waals surface area contributed by atoms with Crippen LogP contribution in [-0.4, -0.2) is 90.5 Å². The lowest BCUT2D eigenvalue weighted by Gasteiger charge is -2.33. The van der Waals surface area contributed by atoms with E-state index in [0.29, 0.717) is 5.92 Å². The van der Waals surface area contributed by atoms with Crippen LogP contribution in [0.4, 0.5) is 11.6 Å². The summed E-state index contributed by atoms with van der Waals surface area (Å²) in [4.78, 5) is 25.3. The largest absolute Gasteiger partial charge is 0.490 e. The maximum atomic E-state index is 6.63. The number of piperazine rings is 1. The van der Waals surface area contributed by atoms with E-state index < -0.39 is 0 Å². The molecular formula is C28H39N7O2. The Labute approximate surface area is 220 Å². The van der Waals surface area contributed by atoms with Crippen molar-refractivity contribution in [2.45, 2.75) is 38.2 Å². The van der Waals surface area contributed by atoms with Gasteiger partial charge in [0.2, 0.25) is 5.95 Å². The van der Waals surface area contributed by atoms with Gasteiger partial charge < -0.3 is 24.2 Å². The summed E-state index contributed by atoms with van der Waals surface area (Å²) in [6.07, 6.45) is 11.1. The number of benzene rings is 1. The van der Waals surface area contributed by atoms with Crippen LogP contribution < -0.4 is 14.5 Å². The number of hydrogen-bond donors (Lipinski definition) is 0. The number of aromatic nitrogens is 4. The fraction of sp³-hybridized carbons (Fsp3) is 0.571. The van der Waals surface area contributed by atoms with Gasteiger partial charge >= 0.3 is 0 Å². The van der Waals surface area contributed by atoms with Gasteiger partial charge in [0.25, 0.3) is 0 Å². The highest BCUT2D eigenvalue weighted by Crippen LogP contribution is 2.35. The van der Waals surface area contributed by atoms with Crippen molar-refractivity contribution < 1.29 is 10.9 Å². The van der Waals surface area contributed by atoms with E-state index in [1.54, 1.807) is 6.33 Å². The zero-order valence-corrected chi connectivity index (χ0v) is 21.8. The van der Waals surface area contributed by atoms with E-state index in [-0.39, 0.29) is 7.53 Å². The Kier molecular flexibility index (Phi) is 7.32. The van der Waals surface area contributed by atoms with Gasteiger partial charge in [-0.3, -0.25) is 0 Å². The molecule has 0 amide bonds. The van der Waals surface area contributed by atoms with Gasteiger partial charge in [0.05, 0.1) is 30.2 Å². The molecule has 0 bridgehead atoms. The first kappa shape index (κ1) is 24.3. The molecule has 2 aromatic heterocycles. The van der Waals surface area contributed by atoms with Gasteiger partial charge in [-0.1, -0.05) is 0 Å². The van der Waals surface area contributed by atoms with Crippen LogP contribution in [0.5, 0.6) is 5.75 Å². The Bertz CT molecular complexity index is 1190. The Morgan fingerprint density at radius 2 is 1.78 bits per heavy atom. The highest BCUT2D eigenvalue weighted by Gasteiger charge is 2.25. The molecule has 3 fully saturated rings. The predicted molar refractivity (Wildman–Crippen MR) is 147 cm³/mol. The van der Waals surface area contributed by atoms with Crippen molar-refractivity contribution in [1.29, 1.82) is 0 Å². The summed E-state index contributed by atoms with van der Waals surface area (Å²) in [5, 5.41) is 0.985. The third-order valence-corrected chi connectivity index (χ3v) is 8.02. The van der Waals surface area contributed by atoms with Crippen LogP contribution in [0.25, 0.3) is 10.9 Å². The SMILES string of the molecule is CN1CCN(c2nccc(CC3CCC(Oc4cc(N5CCOCC5)cc5ncncc45)CC3)n2)CC1.[HH]. The van der Waals surface area contributed by atoms with E-state index in [4.69, 9.17) is 14.5 Å². The lowest BCUT2D eigenvalue weighted by atomic mass is 9.84. The molecule has 6 rings (SSSR count). The van der Waals surface area contributed by atoms with Crippen LogP contribution in [0.3, 0.4) is 0 Å². The zero-order valence-electron chi connectivity index (χ0n) is 21.8. The van der Waals surface area contributed by atoms with Crippen LogP contribution in [0, 0.1) is 5.92 Å². The van der Waals surface area contributed by atoms with Gasteiger partial charge in [-0.2, -0.15) is 0 Å². The Morgan fingerprint density at radius 3 is 2.59 bits per heavy atom. The van der Waals surface area contributed by atoms with Crippen LogP contribution in [0.1, 0.15) is 32.8 Å². The quantitative estimate of drug-likeness (QED) is 0.500. The first-order valence-corrected chi connectivity index (χ1v) is 13.7. The van der Waals surface area contributed by atoms with Crippen molar-refractivity contribution in [2.75, 3.05) is 69.3 Å². The molecule has 9 heteroatoms. The van der Waals surface area contributed by atoms with E-state index in [9.17, 15) is 0 Å². The van der Waals surface area contributed by atoms with Gasteiger partial charge in [0.1, 0.15) is 12.1 Å². The minimum atomic E-state index is 0. The molecule has 0 radical (unpaired) electrons. The van der Waals surface area contributed by atoms with E-state index in [0.717, 1.165) is 119 Å². The maximum absolute atomic E-state index is 6.63. The van der Waals surface area contributed by atoms with Crippen molar-refractivity contribution in [3.05, 3.63) is 42.6 Å². The summed E-state index contributed by atoms with van der Waals surface area (Å²) in [7, 11) is 2.17. The fourth-order valence-corrected chi connectivity index (χ4v) is 5.73. The second-order valence-corrected chi connectivity index (χ2v) is 10.6. The third-order valence-electron chi connectivity index (χ3n) is 8.02. The van der Waals surface area contributed by atoms with Crippen molar-refractivity contribution in [3.63, 3.8) is 0 Å². The number of hydrogen-bond acceptors (Lipinski definition) is 9. The molecule has 3 aromatic rings. The Balaban J connectivity index is 0.00000294. The highest BCUT2D eigenvalue weighted by atomic mass is 16.5. The molecular weight excluding hydrogens is 466 g/mol. The number of likely N-dealkylation sites (N-methyl/N-ethyl adjacent to an activating group) is 1. The van der Waals surface area contributed by atoms with Gasteiger partial charge in [-0.15, -0.1) is 0 Å². The second kappa shape index (κ2) is 11.1. The van der Waals surface area contributed by atoms with Crippen LogP contribution in [0.2, 0.25) is 0 Å². The molecule has 1 aromatic carbocycles. The van der Waals surface area contributed by atoms with Crippen molar-refractivity contribution >= 4 is 22.5 Å². The standard InChI is InChI=1S/C28H37N7O2.H2/c1-33-8-10-35(11-9-33)28-30-7-6-22(32-28)16-21-2-4-24(5-3-21)37-27-18-23(34-12-14-36-15-13-34)17-26-25(27)19-29-20-31-26;/h6-7,17-21,24H,2-5,8-16H2,1H3;1H. The van der Waals surface area contributed by atoms with Crippen LogP contribution >= 0.6 is 0 Å². The first-order valence-electron chi connectivity index (χ1n) is 13.7. The van der Waals surface area contributed by atoms with Crippen LogP contribution in [0.15, 0.2) is 36.9 Å². The van der Waals surface area contributed by atoms with E-state index in [1.807, 2.05) is 12.4 Å². The third kappa shape index (κ3) is 5.78. The predicted octanol–water partition coefficient (Wildman–Crippen LogP) is 3.43.